The van der Waals surface area contributed by atoms with Gasteiger partial charge in [-0.25, -0.2) is 0 Å². The number of nitrogens with one attached hydrogen (secondary N) is 2. The van der Waals surface area contributed by atoms with Crippen LogP contribution in [0.2, 0.25) is 0 Å². The van der Waals surface area contributed by atoms with Gasteiger partial charge in [-0.1, -0.05) is 69.3 Å². The van der Waals surface area contributed by atoms with Crippen molar-refractivity contribution in [2.24, 2.45) is 5.41 Å². The van der Waals surface area contributed by atoms with Gasteiger partial charge in [-0.2, -0.15) is 18.4 Å². The van der Waals surface area contributed by atoms with Crippen molar-refractivity contribution in [3.63, 3.8) is 0 Å². The number of rotatable bonds is 17. The van der Waals surface area contributed by atoms with Crippen LogP contribution in [0, 0.1) is 16.7 Å². The Bertz CT molecular complexity index is 2740. The lowest BCUT2D eigenvalue weighted by Crippen LogP contribution is -2.58. The van der Waals surface area contributed by atoms with Gasteiger partial charge in [0.1, 0.15) is 30.0 Å². The Kier molecular flexibility index (Phi) is 15.7. The number of ether oxygens (including phenoxy) is 2. The van der Waals surface area contributed by atoms with Gasteiger partial charge in [0.2, 0.25) is 17.7 Å². The van der Waals surface area contributed by atoms with E-state index in [1.165, 1.54) is 6.07 Å². The van der Waals surface area contributed by atoms with E-state index >= 15 is 0 Å². The van der Waals surface area contributed by atoms with E-state index in [1.54, 1.807) is 58.7 Å². The quantitative estimate of drug-likeness (QED) is 0.0680. The zero-order valence-electron chi connectivity index (χ0n) is 39.5. The number of hydrogen-bond donors (Lipinski definition) is 2. The van der Waals surface area contributed by atoms with E-state index in [4.69, 9.17) is 21.7 Å². The number of benzene rings is 4. The molecule has 0 spiro atoms. The van der Waals surface area contributed by atoms with Gasteiger partial charge in [-0.05, 0) is 122 Å². The van der Waals surface area contributed by atoms with Crippen LogP contribution in [0.5, 0.6) is 5.75 Å². The summed E-state index contributed by atoms with van der Waals surface area (Å²) in [5.74, 6) is -0.794. The fourth-order valence-electron chi connectivity index (χ4n) is 8.44. The van der Waals surface area contributed by atoms with E-state index < -0.39 is 52.2 Å². The molecule has 2 atom stereocenters. The Hall–Kier alpha value is -6.68. The Morgan fingerprint density at radius 2 is 1.57 bits per heavy atom. The minimum absolute atomic E-state index is 0.00958. The molecule has 13 nitrogen and oxygen atoms in total. The predicted octanol–water partition coefficient (Wildman–Crippen LogP) is 9.30. The highest BCUT2D eigenvalue weighted by atomic mass is 32.1. The average molecular weight is 994 g/mol. The molecule has 1 aromatic heterocycles. The highest BCUT2D eigenvalue weighted by Crippen LogP contribution is 2.40. The van der Waals surface area contributed by atoms with Crippen LogP contribution in [0.3, 0.4) is 0 Å². The number of hydrogen-bond acceptors (Lipinski definition) is 10. The molecule has 0 aliphatic carbocycles. The fourth-order valence-corrected chi connectivity index (χ4v) is 9.59. The standard InChI is InChI=1S/C52H54F3N7O6S2/c1-50(2,3)45(47(65)60-24-8-9-42(60)46(64)58-29-33-10-12-36(13-11-33)43-30-57-32-70-43)59-44(63)31-67-25-6-7-26-68-40-22-17-35(18-23-40)34-14-19-38(20-15-34)62-49(69)61(48(66)51(62,4)5)39-21-16-37(28-56)41(27-39)52(53,54)55/h10-23,27,30,32,42,45H,6-9,24-26,29,31H2,1-5H3,(H,58,64)(H,59,63)/t42-,45?/m0/s1. The summed E-state index contributed by atoms with van der Waals surface area (Å²) in [5.41, 5.74) is 2.49. The molecule has 7 rings (SSSR count). The van der Waals surface area contributed by atoms with Crippen LogP contribution in [-0.2, 0) is 36.6 Å². The van der Waals surface area contributed by atoms with Crippen molar-refractivity contribution in [3.05, 3.63) is 119 Å². The van der Waals surface area contributed by atoms with Gasteiger partial charge in [0.25, 0.3) is 5.91 Å². The molecule has 5 aromatic rings. The molecule has 4 amide bonds. The Labute approximate surface area is 414 Å². The summed E-state index contributed by atoms with van der Waals surface area (Å²) in [6.45, 7) is 10.2. The van der Waals surface area contributed by atoms with Crippen LogP contribution in [0.1, 0.15) is 77.0 Å². The molecule has 3 heterocycles. The molecule has 18 heteroatoms. The molecule has 2 aliphatic rings. The van der Waals surface area contributed by atoms with E-state index in [0.717, 1.165) is 44.2 Å². The second kappa shape index (κ2) is 21.5. The monoisotopic (exact) mass is 993 g/mol. The number of thiazole rings is 1. The summed E-state index contributed by atoms with van der Waals surface area (Å²) < 4.78 is 52.9. The number of alkyl halides is 3. The van der Waals surface area contributed by atoms with Crippen LogP contribution in [-0.4, -0.2) is 82.6 Å². The van der Waals surface area contributed by atoms with Gasteiger partial charge in [-0.15, -0.1) is 11.3 Å². The molecule has 2 fully saturated rings. The molecule has 2 aliphatic heterocycles. The lowest BCUT2D eigenvalue weighted by Gasteiger charge is -2.35. The second-order valence-corrected chi connectivity index (χ2v) is 19.9. The number of nitrogens with zero attached hydrogens (tertiary/aromatic N) is 5. The Morgan fingerprint density at radius 3 is 2.20 bits per heavy atom. The number of likely N-dealkylation sites (tertiary alicyclic amines) is 1. The number of amides is 4. The number of aromatic nitrogens is 1. The summed E-state index contributed by atoms with van der Waals surface area (Å²) in [6, 6.07) is 25.9. The molecule has 0 saturated carbocycles. The van der Waals surface area contributed by atoms with E-state index in [-0.39, 0.29) is 29.2 Å². The first-order chi connectivity index (χ1) is 33.3. The Balaban J connectivity index is 0.833. The highest BCUT2D eigenvalue weighted by Gasteiger charge is 2.51. The van der Waals surface area contributed by atoms with Crippen molar-refractivity contribution in [2.45, 2.75) is 90.6 Å². The van der Waals surface area contributed by atoms with Gasteiger partial charge in [-0.3, -0.25) is 29.1 Å². The number of nitriles is 1. The molecule has 0 bridgehead atoms. The summed E-state index contributed by atoms with van der Waals surface area (Å²) in [4.78, 5) is 63.4. The molecule has 366 valence electrons. The highest BCUT2D eigenvalue weighted by molar-refractivity contribution is 7.81. The molecule has 0 radical (unpaired) electrons. The summed E-state index contributed by atoms with van der Waals surface area (Å²) in [7, 11) is 0. The maximum absolute atomic E-state index is 13.9. The molecule has 4 aromatic carbocycles. The van der Waals surface area contributed by atoms with Gasteiger partial charge >= 0.3 is 6.18 Å². The van der Waals surface area contributed by atoms with Crippen LogP contribution in [0.15, 0.2) is 103 Å². The summed E-state index contributed by atoms with van der Waals surface area (Å²) >= 11 is 7.23. The van der Waals surface area contributed by atoms with Crippen LogP contribution in [0.25, 0.3) is 21.6 Å². The number of unbranched alkanes of at least 4 members (excludes halogenated alkanes) is 1. The van der Waals surface area contributed by atoms with E-state index in [1.807, 2.05) is 87.6 Å². The van der Waals surface area contributed by atoms with Crippen LogP contribution >= 0.6 is 23.6 Å². The lowest BCUT2D eigenvalue weighted by atomic mass is 9.85. The van der Waals surface area contributed by atoms with Crippen LogP contribution in [0.4, 0.5) is 24.5 Å². The first-order valence-corrected chi connectivity index (χ1v) is 24.1. The van der Waals surface area contributed by atoms with E-state index in [0.29, 0.717) is 63.4 Å². The number of carbonyl (C=O) groups is 4. The first-order valence-electron chi connectivity index (χ1n) is 22.8. The minimum Gasteiger partial charge on any atom is -0.494 e. The van der Waals surface area contributed by atoms with Crippen molar-refractivity contribution in [1.82, 2.24) is 20.5 Å². The third kappa shape index (κ3) is 11.7. The molecular formula is C52H54F3N7O6S2. The van der Waals surface area contributed by atoms with Crippen molar-refractivity contribution >= 4 is 63.7 Å². The molecule has 1 unspecified atom stereocenters. The Morgan fingerprint density at radius 1 is 0.929 bits per heavy atom. The van der Waals surface area contributed by atoms with Gasteiger partial charge in [0.05, 0.1) is 39.9 Å². The van der Waals surface area contributed by atoms with E-state index in [9.17, 15) is 37.6 Å². The van der Waals surface area contributed by atoms with Crippen LogP contribution < -0.4 is 25.2 Å². The van der Waals surface area contributed by atoms with Gasteiger partial charge in [0.15, 0.2) is 5.11 Å². The predicted molar refractivity (Wildman–Crippen MR) is 266 cm³/mol. The summed E-state index contributed by atoms with van der Waals surface area (Å²) in [5, 5.41) is 15.1. The maximum Gasteiger partial charge on any atom is 0.417 e. The zero-order valence-corrected chi connectivity index (χ0v) is 41.1. The average Bonchev–Trinajstić information content (AvgIpc) is 4.09. The summed E-state index contributed by atoms with van der Waals surface area (Å²) in [6.07, 6.45) is -0.477. The number of anilines is 2. The van der Waals surface area contributed by atoms with Gasteiger partial charge < -0.3 is 29.9 Å². The van der Waals surface area contributed by atoms with Crippen molar-refractivity contribution in [1.29, 1.82) is 5.26 Å². The van der Waals surface area contributed by atoms with E-state index in [2.05, 4.69) is 15.6 Å². The largest absolute Gasteiger partial charge is 0.494 e. The SMILES string of the molecule is CC(C)(C)C(NC(=O)COCCCCOc1ccc(-c2ccc(N3C(=S)N(c4ccc(C#N)c(C(F)(F)F)c4)C(=O)C3(C)C)cc2)cc1)C(=O)N1CCC[C@H]1C(=O)NCc1ccc(-c2cncs2)cc1. The fraction of sp³-hybridized carbons (Fsp3) is 0.365. The number of carbonyl (C=O) groups excluding carboxylic acids is 4. The topological polar surface area (TPSA) is 157 Å². The number of thiocarbonyl (C=S) groups is 1. The third-order valence-corrected chi connectivity index (χ3v) is 13.4. The van der Waals surface area contributed by atoms with Crippen molar-refractivity contribution in [2.75, 3.05) is 36.2 Å². The smallest absolute Gasteiger partial charge is 0.417 e. The van der Waals surface area contributed by atoms with Gasteiger partial charge in [0, 0.05) is 31.6 Å². The molecule has 2 N–H and O–H groups in total. The minimum atomic E-state index is -4.80. The third-order valence-electron chi connectivity index (χ3n) is 12.2. The van der Waals surface area contributed by atoms with Crippen molar-refractivity contribution < 1.29 is 41.8 Å². The van der Waals surface area contributed by atoms with Crippen molar-refractivity contribution in [3.8, 4) is 33.4 Å². The lowest BCUT2D eigenvalue weighted by molar-refractivity contribution is -0.144. The molecular weight excluding hydrogens is 940 g/mol. The number of halogens is 3. The molecule has 70 heavy (non-hydrogen) atoms. The normalized spacial score (nSPS) is 16.3. The second-order valence-electron chi connectivity index (χ2n) is 18.7. The maximum atomic E-state index is 13.9. The zero-order chi connectivity index (χ0) is 50.4. The molecule has 2 saturated heterocycles. The first kappa shape index (κ1) is 51.2.